The van der Waals surface area contributed by atoms with Gasteiger partial charge in [0.05, 0.1) is 6.61 Å². The number of allylic oxidation sites excluding steroid dienone is 2. The van der Waals surface area contributed by atoms with Gasteiger partial charge >= 0.3 is 12.1 Å². The first-order valence-corrected chi connectivity index (χ1v) is 10.1. The average molecular weight is 426 g/mol. The number of carbonyl (C=O) groups is 2. The number of esters is 1. The second-order valence-electron chi connectivity index (χ2n) is 6.66. The summed E-state index contributed by atoms with van der Waals surface area (Å²) in [6.45, 7) is 11.5. The van der Waals surface area contributed by atoms with E-state index in [0.717, 1.165) is 24.0 Å². The number of aromatic hydroxyl groups is 1. The molecular weight excluding hydrogens is 394 g/mol. The third-order valence-electron chi connectivity index (χ3n) is 4.34. The lowest BCUT2D eigenvalue weighted by Gasteiger charge is -2.15. The highest BCUT2D eigenvalue weighted by Gasteiger charge is 2.10. The van der Waals surface area contributed by atoms with Crippen LogP contribution in [0, 0.1) is 0 Å². The first kappa shape index (κ1) is 25.5. The number of benzene rings is 2. The molecular formula is C25H31NO5. The van der Waals surface area contributed by atoms with Gasteiger partial charge in [0.2, 0.25) is 0 Å². The van der Waals surface area contributed by atoms with Gasteiger partial charge in [-0.3, -0.25) is 0 Å². The maximum absolute atomic E-state index is 11.6. The molecule has 0 aromatic heterocycles. The van der Waals surface area contributed by atoms with E-state index in [-0.39, 0.29) is 5.75 Å². The summed E-state index contributed by atoms with van der Waals surface area (Å²) in [6.07, 6.45) is 1.06. The second kappa shape index (κ2) is 12.9. The number of rotatable bonds is 7. The summed E-state index contributed by atoms with van der Waals surface area (Å²) in [4.78, 5) is 21.2. The number of hydrogen-bond acceptors (Lipinski definition) is 5. The van der Waals surface area contributed by atoms with Crippen LogP contribution in [-0.2, 0) is 9.53 Å². The van der Waals surface area contributed by atoms with Gasteiger partial charge in [0.1, 0.15) is 11.5 Å². The van der Waals surface area contributed by atoms with Crippen molar-refractivity contribution < 1.29 is 24.2 Å². The summed E-state index contributed by atoms with van der Waals surface area (Å²) >= 11 is 0. The minimum atomic E-state index is -0.711. The van der Waals surface area contributed by atoms with Gasteiger partial charge in [0.25, 0.3) is 0 Å². The minimum Gasteiger partial charge on any atom is -0.508 e. The van der Waals surface area contributed by atoms with Crippen LogP contribution in [0.5, 0.6) is 11.5 Å². The van der Waals surface area contributed by atoms with Gasteiger partial charge < -0.3 is 20.3 Å². The zero-order chi connectivity index (χ0) is 23.4. The van der Waals surface area contributed by atoms with E-state index < -0.39 is 12.1 Å². The predicted octanol–water partition coefficient (Wildman–Crippen LogP) is 5.71. The van der Waals surface area contributed by atoms with Crippen molar-refractivity contribution in [1.29, 1.82) is 0 Å². The normalized spacial score (nSPS) is 10.8. The van der Waals surface area contributed by atoms with E-state index in [4.69, 9.17) is 4.74 Å². The number of amides is 1. The fraction of sp³-hybridized carbons (Fsp3) is 0.280. The molecule has 0 aliphatic carbocycles. The molecule has 0 radical (unpaired) electrons. The number of phenols is 1. The van der Waals surface area contributed by atoms with Crippen molar-refractivity contribution in [3.05, 3.63) is 71.8 Å². The number of phenolic OH excluding ortho intramolecular Hbond substituents is 1. The monoisotopic (exact) mass is 425 g/mol. The maximum atomic E-state index is 11.6. The minimum absolute atomic E-state index is 0.265. The largest absolute Gasteiger partial charge is 0.508 e. The van der Waals surface area contributed by atoms with E-state index in [2.05, 4.69) is 30.9 Å². The SMILES string of the molecule is C=C(C)C(=O)Oc1ccc(/C(CC)=C(\CC)c2ccc(O)cc2)cc1.CCOC(N)=O. The van der Waals surface area contributed by atoms with Gasteiger partial charge in [-0.15, -0.1) is 0 Å². The molecule has 31 heavy (non-hydrogen) atoms. The van der Waals surface area contributed by atoms with Crippen LogP contribution in [0.3, 0.4) is 0 Å². The summed E-state index contributed by atoms with van der Waals surface area (Å²) in [5, 5.41) is 9.50. The summed E-state index contributed by atoms with van der Waals surface area (Å²) in [6, 6.07) is 14.8. The highest BCUT2D eigenvalue weighted by atomic mass is 16.5. The third-order valence-corrected chi connectivity index (χ3v) is 4.34. The molecule has 0 aliphatic heterocycles. The molecule has 1 amide bonds. The van der Waals surface area contributed by atoms with Crippen LogP contribution in [0.2, 0.25) is 0 Å². The quantitative estimate of drug-likeness (QED) is 0.256. The summed E-state index contributed by atoms with van der Waals surface area (Å²) in [5.41, 5.74) is 9.61. The summed E-state index contributed by atoms with van der Waals surface area (Å²) < 4.78 is 9.43. The first-order chi connectivity index (χ1) is 14.7. The fourth-order valence-electron chi connectivity index (χ4n) is 2.91. The topological polar surface area (TPSA) is 98.8 Å². The van der Waals surface area contributed by atoms with E-state index in [9.17, 15) is 14.7 Å². The van der Waals surface area contributed by atoms with Crippen LogP contribution in [0.4, 0.5) is 4.79 Å². The molecule has 0 aliphatic rings. The van der Waals surface area contributed by atoms with Crippen molar-refractivity contribution in [2.24, 2.45) is 5.73 Å². The molecule has 0 fully saturated rings. The molecule has 2 aromatic rings. The van der Waals surface area contributed by atoms with Gasteiger partial charge in [0.15, 0.2) is 0 Å². The van der Waals surface area contributed by atoms with Crippen molar-refractivity contribution >= 4 is 23.2 Å². The smallest absolute Gasteiger partial charge is 0.404 e. The van der Waals surface area contributed by atoms with Crippen molar-refractivity contribution in [3.8, 4) is 11.5 Å². The van der Waals surface area contributed by atoms with E-state index in [1.807, 2.05) is 24.3 Å². The number of hydrogen-bond donors (Lipinski definition) is 2. The average Bonchev–Trinajstić information content (AvgIpc) is 2.74. The second-order valence-corrected chi connectivity index (χ2v) is 6.66. The summed E-state index contributed by atoms with van der Waals surface area (Å²) in [5.74, 6) is 0.355. The lowest BCUT2D eigenvalue weighted by atomic mass is 9.91. The number of ether oxygens (including phenoxy) is 2. The molecule has 0 saturated heterocycles. The van der Waals surface area contributed by atoms with Crippen LogP contribution in [0.25, 0.3) is 11.1 Å². The number of nitrogens with two attached hydrogens (primary N) is 1. The van der Waals surface area contributed by atoms with Gasteiger partial charge in [0, 0.05) is 5.57 Å². The molecule has 0 saturated carbocycles. The van der Waals surface area contributed by atoms with Crippen molar-refractivity contribution in [1.82, 2.24) is 0 Å². The van der Waals surface area contributed by atoms with Crippen LogP contribution in [0.15, 0.2) is 60.7 Å². The molecule has 3 N–H and O–H groups in total. The van der Waals surface area contributed by atoms with Gasteiger partial charge in [-0.05, 0) is 73.2 Å². The Kier molecular flexibility index (Phi) is 10.6. The molecule has 0 unspecified atom stereocenters. The van der Waals surface area contributed by atoms with E-state index in [0.29, 0.717) is 17.9 Å². The molecule has 2 rings (SSSR count). The molecule has 6 nitrogen and oxygen atoms in total. The highest BCUT2D eigenvalue weighted by Crippen LogP contribution is 2.32. The predicted molar refractivity (Wildman–Crippen MR) is 124 cm³/mol. The van der Waals surface area contributed by atoms with Crippen molar-refractivity contribution in [2.75, 3.05) is 6.61 Å². The zero-order valence-electron chi connectivity index (χ0n) is 18.6. The number of carbonyl (C=O) groups excluding carboxylic acids is 2. The maximum Gasteiger partial charge on any atom is 0.404 e. The molecule has 0 heterocycles. The van der Waals surface area contributed by atoms with Crippen LogP contribution in [-0.4, -0.2) is 23.8 Å². The Morgan fingerprint density at radius 3 is 1.68 bits per heavy atom. The zero-order valence-corrected chi connectivity index (χ0v) is 18.6. The Balaban J connectivity index is 0.000000703. The van der Waals surface area contributed by atoms with Gasteiger partial charge in [-0.2, -0.15) is 0 Å². The van der Waals surface area contributed by atoms with Crippen LogP contribution >= 0.6 is 0 Å². The van der Waals surface area contributed by atoms with E-state index in [1.165, 1.54) is 11.1 Å². The van der Waals surface area contributed by atoms with Crippen LogP contribution in [0.1, 0.15) is 51.7 Å². The van der Waals surface area contributed by atoms with E-state index in [1.54, 1.807) is 38.1 Å². The Bertz CT molecular complexity index is 912. The molecule has 0 bridgehead atoms. The van der Waals surface area contributed by atoms with Gasteiger partial charge in [-0.1, -0.05) is 44.7 Å². The lowest BCUT2D eigenvalue weighted by molar-refractivity contribution is -0.130. The third kappa shape index (κ3) is 8.38. The molecule has 166 valence electrons. The first-order valence-electron chi connectivity index (χ1n) is 10.1. The van der Waals surface area contributed by atoms with E-state index >= 15 is 0 Å². The summed E-state index contributed by atoms with van der Waals surface area (Å²) in [7, 11) is 0. The Morgan fingerprint density at radius 2 is 1.35 bits per heavy atom. The lowest BCUT2D eigenvalue weighted by Crippen LogP contribution is -2.11. The number of primary amides is 1. The van der Waals surface area contributed by atoms with Crippen LogP contribution < -0.4 is 10.5 Å². The van der Waals surface area contributed by atoms with Crippen molar-refractivity contribution in [3.63, 3.8) is 0 Å². The van der Waals surface area contributed by atoms with Gasteiger partial charge in [-0.25, -0.2) is 9.59 Å². The fourth-order valence-corrected chi connectivity index (χ4v) is 2.91. The Morgan fingerprint density at radius 1 is 0.903 bits per heavy atom. The Hall–Kier alpha value is -3.54. The standard InChI is InChI=1S/C22H24O3.C3H7NO2/c1-5-20(16-7-11-18(23)12-8-16)21(6-2)17-9-13-19(14-10-17)25-22(24)15(3)4;1-2-6-3(4)5/h7-14,23H,3,5-6H2,1-2,4H3;2H2,1H3,(H2,4,5)/b21-20+;. The van der Waals surface area contributed by atoms with Crippen molar-refractivity contribution in [2.45, 2.75) is 40.5 Å². The molecule has 0 spiro atoms. The molecule has 0 atom stereocenters. The Labute approximate surface area is 184 Å². The molecule has 2 aromatic carbocycles. The highest BCUT2D eigenvalue weighted by molar-refractivity contribution is 5.91. The molecule has 6 heteroatoms.